The van der Waals surface area contributed by atoms with Gasteiger partial charge in [0.25, 0.3) is 0 Å². The first-order chi connectivity index (χ1) is 13.1. The van der Waals surface area contributed by atoms with E-state index >= 15 is 0 Å². The molecule has 0 atom stereocenters. The molecule has 0 radical (unpaired) electrons. The zero-order valence-electron chi connectivity index (χ0n) is 14.7. The van der Waals surface area contributed by atoms with Gasteiger partial charge < -0.3 is 4.74 Å². The molecule has 2 rings (SSSR count). The highest BCUT2D eigenvalue weighted by Crippen LogP contribution is 2.30. The van der Waals surface area contributed by atoms with E-state index in [9.17, 15) is 31.5 Å². The molecule has 0 N–H and O–H groups in total. The van der Waals surface area contributed by atoms with Crippen LogP contribution in [0.1, 0.15) is 18.1 Å². The standard InChI is InChI=1S/C19H16F5NO3/c1-2-28-18(27)11-25(16-7-6-14(20)10-15(16)21)17(26)9-12-4-3-5-13(8-12)19(22,23)24/h3-8,10H,2,9,11H2,1H3. The number of carbonyl (C=O) groups is 2. The molecule has 0 heterocycles. The lowest BCUT2D eigenvalue weighted by Crippen LogP contribution is -2.38. The van der Waals surface area contributed by atoms with Crippen molar-refractivity contribution in [2.75, 3.05) is 18.1 Å². The maximum atomic E-state index is 14.1. The molecule has 0 bridgehead atoms. The fourth-order valence-electron chi connectivity index (χ4n) is 2.47. The van der Waals surface area contributed by atoms with Crippen molar-refractivity contribution in [2.45, 2.75) is 19.5 Å². The van der Waals surface area contributed by atoms with E-state index in [1.165, 1.54) is 13.0 Å². The zero-order valence-corrected chi connectivity index (χ0v) is 14.7. The summed E-state index contributed by atoms with van der Waals surface area (Å²) < 4.78 is 70.5. The molecule has 4 nitrogen and oxygen atoms in total. The third-order valence-electron chi connectivity index (χ3n) is 3.70. The first-order valence-electron chi connectivity index (χ1n) is 8.19. The van der Waals surface area contributed by atoms with Gasteiger partial charge in [0.15, 0.2) is 0 Å². The topological polar surface area (TPSA) is 46.6 Å². The molecule has 2 aromatic carbocycles. The van der Waals surface area contributed by atoms with Crippen LogP contribution in [-0.2, 0) is 26.9 Å². The fraction of sp³-hybridized carbons (Fsp3) is 0.263. The van der Waals surface area contributed by atoms with Crippen molar-refractivity contribution in [2.24, 2.45) is 0 Å². The number of hydrogen-bond acceptors (Lipinski definition) is 3. The van der Waals surface area contributed by atoms with Crippen LogP contribution in [0.25, 0.3) is 0 Å². The van der Waals surface area contributed by atoms with Crippen LogP contribution in [0.5, 0.6) is 0 Å². The van der Waals surface area contributed by atoms with Crippen LogP contribution in [0.2, 0.25) is 0 Å². The second-order valence-corrected chi connectivity index (χ2v) is 5.76. The molecule has 0 aromatic heterocycles. The Kier molecular flexibility index (Phi) is 6.71. The van der Waals surface area contributed by atoms with Crippen molar-refractivity contribution in [1.82, 2.24) is 0 Å². The second kappa shape index (κ2) is 8.81. The van der Waals surface area contributed by atoms with E-state index in [-0.39, 0.29) is 17.9 Å². The average Bonchev–Trinajstić information content (AvgIpc) is 2.60. The van der Waals surface area contributed by atoms with Gasteiger partial charge in [0.1, 0.15) is 18.2 Å². The smallest absolute Gasteiger partial charge is 0.416 e. The third kappa shape index (κ3) is 5.51. The average molecular weight is 401 g/mol. The largest absolute Gasteiger partial charge is 0.465 e. The van der Waals surface area contributed by atoms with Gasteiger partial charge in [0.05, 0.1) is 24.3 Å². The Morgan fingerprint density at radius 2 is 1.79 bits per heavy atom. The summed E-state index contributed by atoms with van der Waals surface area (Å²) in [6.07, 6.45) is -5.12. The highest BCUT2D eigenvalue weighted by molar-refractivity contribution is 5.98. The first-order valence-corrected chi connectivity index (χ1v) is 8.19. The van der Waals surface area contributed by atoms with Crippen LogP contribution in [0.3, 0.4) is 0 Å². The van der Waals surface area contributed by atoms with E-state index in [1.54, 1.807) is 0 Å². The maximum absolute atomic E-state index is 14.1. The Morgan fingerprint density at radius 3 is 2.39 bits per heavy atom. The lowest BCUT2D eigenvalue weighted by Gasteiger charge is -2.22. The predicted molar refractivity (Wildman–Crippen MR) is 90.5 cm³/mol. The van der Waals surface area contributed by atoms with Crippen molar-refractivity contribution in [3.63, 3.8) is 0 Å². The van der Waals surface area contributed by atoms with Gasteiger partial charge >= 0.3 is 12.1 Å². The number of halogens is 5. The van der Waals surface area contributed by atoms with E-state index < -0.39 is 48.2 Å². The molecular formula is C19H16F5NO3. The SMILES string of the molecule is CCOC(=O)CN(C(=O)Cc1cccc(C(F)(F)F)c1)c1ccc(F)cc1F. The highest BCUT2D eigenvalue weighted by atomic mass is 19.4. The summed E-state index contributed by atoms with van der Waals surface area (Å²) in [5.41, 5.74) is -1.30. The Bertz CT molecular complexity index is 867. The number of alkyl halides is 3. The van der Waals surface area contributed by atoms with Crippen molar-refractivity contribution >= 4 is 17.6 Å². The Morgan fingerprint density at radius 1 is 1.07 bits per heavy atom. The molecule has 0 fully saturated rings. The van der Waals surface area contributed by atoms with E-state index in [2.05, 4.69) is 0 Å². The van der Waals surface area contributed by atoms with E-state index in [0.29, 0.717) is 11.0 Å². The molecule has 2 aromatic rings. The van der Waals surface area contributed by atoms with Crippen LogP contribution >= 0.6 is 0 Å². The predicted octanol–water partition coefficient (Wildman–Crippen LogP) is 4.12. The van der Waals surface area contributed by atoms with Gasteiger partial charge in [-0.1, -0.05) is 18.2 Å². The lowest BCUT2D eigenvalue weighted by molar-refractivity contribution is -0.142. The quantitative estimate of drug-likeness (QED) is 0.540. The first kappa shape index (κ1) is 21.3. The number of benzene rings is 2. The number of carbonyl (C=O) groups excluding carboxylic acids is 2. The van der Waals surface area contributed by atoms with Crippen LogP contribution in [0.15, 0.2) is 42.5 Å². The summed E-state index contributed by atoms with van der Waals surface area (Å²) in [5, 5.41) is 0. The van der Waals surface area contributed by atoms with Crippen molar-refractivity contribution in [3.05, 3.63) is 65.2 Å². The molecule has 0 unspecified atom stereocenters. The molecule has 0 aliphatic carbocycles. The molecule has 1 amide bonds. The summed E-state index contributed by atoms with van der Waals surface area (Å²) in [6, 6.07) is 6.48. The summed E-state index contributed by atoms with van der Waals surface area (Å²) in [5.74, 6) is -3.68. The Hall–Kier alpha value is -2.97. The molecular weight excluding hydrogens is 385 g/mol. The maximum Gasteiger partial charge on any atom is 0.416 e. The monoisotopic (exact) mass is 401 g/mol. The molecule has 0 saturated heterocycles. The minimum absolute atomic E-state index is 0.0143. The van der Waals surface area contributed by atoms with E-state index in [1.807, 2.05) is 0 Å². The minimum Gasteiger partial charge on any atom is -0.465 e. The number of anilines is 1. The number of nitrogens with zero attached hydrogens (tertiary/aromatic N) is 1. The molecule has 0 spiro atoms. The molecule has 0 saturated carbocycles. The number of esters is 1. The molecule has 150 valence electrons. The van der Waals surface area contributed by atoms with Crippen LogP contribution in [0, 0.1) is 11.6 Å². The van der Waals surface area contributed by atoms with E-state index in [4.69, 9.17) is 4.74 Å². The Balaban J connectivity index is 2.32. The van der Waals surface area contributed by atoms with E-state index in [0.717, 1.165) is 30.3 Å². The summed E-state index contributed by atoms with van der Waals surface area (Å²) in [4.78, 5) is 25.1. The molecule has 9 heteroatoms. The fourth-order valence-corrected chi connectivity index (χ4v) is 2.47. The minimum atomic E-state index is -4.59. The molecule has 28 heavy (non-hydrogen) atoms. The summed E-state index contributed by atoms with van der Waals surface area (Å²) in [7, 11) is 0. The van der Waals surface area contributed by atoms with Crippen LogP contribution in [-0.4, -0.2) is 25.0 Å². The number of ether oxygens (including phenoxy) is 1. The highest BCUT2D eigenvalue weighted by Gasteiger charge is 2.31. The second-order valence-electron chi connectivity index (χ2n) is 5.76. The number of hydrogen-bond donors (Lipinski definition) is 0. The molecule has 0 aliphatic rings. The third-order valence-corrected chi connectivity index (χ3v) is 3.70. The Labute approximate surface area is 157 Å². The zero-order chi connectivity index (χ0) is 20.9. The van der Waals surface area contributed by atoms with Gasteiger partial charge in [-0.2, -0.15) is 13.2 Å². The van der Waals surface area contributed by atoms with Crippen molar-refractivity contribution < 1.29 is 36.3 Å². The van der Waals surface area contributed by atoms with Gasteiger partial charge in [0.2, 0.25) is 5.91 Å². The van der Waals surface area contributed by atoms with Crippen LogP contribution in [0.4, 0.5) is 27.6 Å². The van der Waals surface area contributed by atoms with Gasteiger partial charge in [-0.25, -0.2) is 8.78 Å². The lowest BCUT2D eigenvalue weighted by atomic mass is 10.1. The van der Waals surface area contributed by atoms with Gasteiger partial charge in [-0.15, -0.1) is 0 Å². The van der Waals surface area contributed by atoms with Crippen LogP contribution < -0.4 is 4.90 Å². The number of amides is 1. The van der Waals surface area contributed by atoms with Crippen molar-refractivity contribution in [1.29, 1.82) is 0 Å². The normalized spacial score (nSPS) is 11.2. The summed E-state index contributed by atoms with van der Waals surface area (Å²) in [6.45, 7) is 0.875. The van der Waals surface area contributed by atoms with Gasteiger partial charge in [-0.3, -0.25) is 14.5 Å². The number of rotatable bonds is 6. The van der Waals surface area contributed by atoms with Gasteiger partial charge in [0, 0.05) is 6.07 Å². The summed E-state index contributed by atoms with van der Waals surface area (Å²) >= 11 is 0. The van der Waals surface area contributed by atoms with Gasteiger partial charge in [-0.05, 0) is 30.7 Å². The molecule has 0 aliphatic heterocycles. The van der Waals surface area contributed by atoms with Crippen molar-refractivity contribution in [3.8, 4) is 0 Å².